The highest BCUT2D eigenvalue weighted by Gasteiger charge is 2.17. The minimum absolute atomic E-state index is 0.0873. The van der Waals surface area contributed by atoms with E-state index in [0.29, 0.717) is 35.4 Å². The molecule has 2 N–H and O–H groups in total. The Bertz CT molecular complexity index is 643. The number of hydrogen-bond acceptors (Lipinski definition) is 5. The number of ether oxygens (including phenoxy) is 3. The van der Waals surface area contributed by atoms with Gasteiger partial charge in [-0.05, 0) is 20.8 Å². The zero-order valence-electron chi connectivity index (χ0n) is 14.6. The summed E-state index contributed by atoms with van der Waals surface area (Å²) in [7, 11) is 0. The van der Waals surface area contributed by atoms with Gasteiger partial charge in [0.05, 0.1) is 23.9 Å². The number of fused-ring (bicyclic) bond motifs is 1. The number of nitrogens with one attached hydrogen (secondary N) is 2. The third kappa shape index (κ3) is 6.34. The number of carbonyl (C=O) groups excluding carboxylic acids is 2. The molecule has 0 unspecified atom stereocenters. The zero-order valence-corrected chi connectivity index (χ0v) is 15.4. The van der Waals surface area contributed by atoms with Crippen molar-refractivity contribution in [2.24, 2.45) is 0 Å². The minimum Gasteiger partial charge on any atom is -0.490 e. The molecular formula is C17H23ClN2O5. The summed E-state index contributed by atoms with van der Waals surface area (Å²) in [5.74, 6) is 0.823. The fraction of sp³-hybridized carbons (Fsp3) is 0.529. The van der Waals surface area contributed by atoms with Crippen molar-refractivity contribution in [3.05, 3.63) is 17.2 Å². The highest BCUT2D eigenvalue weighted by molar-refractivity contribution is 6.34. The first-order chi connectivity index (χ1) is 11.7. The molecule has 1 aromatic rings. The number of amides is 2. The van der Waals surface area contributed by atoms with Gasteiger partial charge in [-0.25, -0.2) is 4.79 Å². The lowest BCUT2D eigenvalue weighted by molar-refractivity contribution is -0.116. The van der Waals surface area contributed by atoms with Crippen LogP contribution in [-0.2, 0) is 9.53 Å². The summed E-state index contributed by atoms with van der Waals surface area (Å²) < 4.78 is 16.2. The second-order valence-electron chi connectivity index (χ2n) is 6.56. The van der Waals surface area contributed by atoms with Crippen molar-refractivity contribution in [3.8, 4) is 11.5 Å². The van der Waals surface area contributed by atoms with E-state index in [0.717, 1.165) is 6.42 Å². The predicted octanol–water partition coefficient (Wildman–Crippen LogP) is 3.35. The second-order valence-corrected chi connectivity index (χ2v) is 6.96. The Morgan fingerprint density at radius 3 is 2.48 bits per heavy atom. The molecule has 2 rings (SSSR count). The molecule has 0 saturated carbocycles. The average Bonchev–Trinajstić information content (AvgIpc) is 2.70. The molecule has 7 nitrogen and oxygen atoms in total. The lowest BCUT2D eigenvalue weighted by Gasteiger charge is -2.19. The van der Waals surface area contributed by atoms with Crippen LogP contribution >= 0.6 is 11.6 Å². The first kappa shape index (κ1) is 19.2. The largest absolute Gasteiger partial charge is 0.490 e. The van der Waals surface area contributed by atoms with E-state index in [1.807, 2.05) is 0 Å². The van der Waals surface area contributed by atoms with Gasteiger partial charge in [0, 0.05) is 31.5 Å². The lowest BCUT2D eigenvalue weighted by atomic mass is 10.2. The molecule has 1 heterocycles. The van der Waals surface area contributed by atoms with Gasteiger partial charge in [0.15, 0.2) is 11.5 Å². The van der Waals surface area contributed by atoms with Gasteiger partial charge in [-0.15, -0.1) is 0 Å². The molecule has 0 saturated heterocycles. The Morgan fingerprint density at radius 1 is 1.20 bits per heavy atom. The highest BCUT2D eigenvalue weighted by atomic mass is 35.5. The van der Waals surface area contributed by atoms with Crippen LogP contribution in [0.2, 0.25) is 5.02 Å². The monoisotopic (exact) mass is 370 g/mol. The molecule has 0 spiro atoms. The Labute approximate surface area is 152 Å². The number of rotatable bonds is 4. The maximum atomic E-state index is 12.0. The molecule has 1 aliphatic heterocycles. The summed E-state index contributed by atoms with van der Waals surface area (Å²) >= 11 is 6.18. The molecule has 1 aromatic carbocycles. The Kier molecular flexibility index (Phi) is 6.36. The Balaban J connectivity index is 1.86. The second kappa shape index (κ2) is 8.29. The fourth-order valence-electron chi connectivity index (χ4n) is 2.08. The van der Waals surface area contributed by atoms with Gasteiger partial charge in [0.1, 0.15) is 5.60 Å². The van der Waals surface area contributed by atoms with E-state index in [1.165, 1.54) is 0 Å². The van der Waals surface area contributed by atoms with Crippen molar-refractivity contribution in [1.29, 1.82) is 0 Å². The average molecular weight is 371 g/mol. The SMILES string of the molecule is CC(C)(C)OC(=O)NCCC(=O)Nc1cc2c(cc1Cl)OCCCO2. The van der Waals surface area contributed by atoms with Crippen molar-refractivity contribution in [2.45, 2.75) is 39.2 Å². The van der Waals surface area contributed by atoms with Gasteiger partial charge in [-0.3, -0.25) is 4.79 Å². The highest BCUT2D eigenvalue weighted by Crippen LogP contribution is 2.37. The van der Waals surface area contributed by atoms with Gasteiger partial charge in [-0.2, -0.15) is 0 Å². The molecule has 8 heteroatoms. The molecule has 138 valence electrons. The number of hydrogen-bond donors (Lipinski definition) is 2. The molecular weight excluding hydrogens is 348 g/mol. The van der Waals surface area contributed by atoms with Gasteiger partial charge in [-0.1, -0.05) is 11.6 Å². The quantitative estimate of drug-likeness (QED) is 0.848. The predicted molar refractivity (Wildman–Crippen MR) is 94.5 cm³/mol. The summed E-state index contributed by atoms with van der Waals surface area (Å²) in [4.78, 5) is 23.6. The van der Waals surface area contributed by atoms with Crippen LogP contribution in [0.1, 0.15) is 33.6 Å². The molecule has 0 bridgehead atoms. The molecule has 0 aromatic heterocycles. The molecule has 25 heavy (non-hydrogen) atoms. The van der Waals surface area contributed by atoms with Crippen LogP contribution in [0.15, 0.2) is 12.1 Å². The number of anilines is 1. The van der Waals surface area contributed by atoms with E-state index < -0.39 is 11.7 Å². The van der Waals surface area contributed by atoms with E-state index in [2.05, 4.69) is 10.6 Å². The van der Waals surface area contributed by atoms with Crippen LogP contribution in [-0.4, -0.2) is 37.4 Å². The van der Waals surface area contributed by atoms with Crippen molar-refractivity contribution in [3.63, 3.8) is 0 Å². The van der Waals surface area contributed by atoms with E-state index in [4.69, 9.17) is 25.8 Å². The summed E-state index contributed by atoms with van der Waals surface area (Å²) in [5.41, 5.74) is -0.141. The van der Waals surface area contributed by atoms with Crippen molar-refractivity contribution >= 4 is 29.3 Å². The number of benzene rings is 1. The first-order valence-electron chi connectivity index (χ1n) is 8.10. The van der Waals surface area contributed by atoms with Crippen LogP contribution in [0.25, 0.3) is 0 Å². The fourth-order valence-corrected chi connectivity index (χ4v) is 2.29. The topological polar surface area (TPSA) is 85.9 Å². The Hall–Kier alpha value is -2.15. The number of alkyl carbamates (subject to hydrolysis) is 1. The zero-order chi connectivity index (χ0) is 18.4. The Morgan fingerprint density at radius 2 is 1.84 bits per heavy atom. The lowest BCUT2D eigenvalue weighted by Crippen LogP contribution is -2.34. The van der Waals surface area contributed by atoms with E-state index in [9.17, 15) is 9.59 Å². The standard InChI is InChI=1S/C17H23ClN2O5/c1-17(2,3)25-16(22)19-6-5-15(21)20-12-10-14-13(9-11(12)18)23-7-4-8-24-14/h9-10H,4-8H2,1-3H3,(H,19,22)(H,20,21). The van der Waals surface area contributed by atoms with E-state index >= 15 is 0 Å². The molecule has 0 fully saturated rings. The van der Waals surface area contributed by atoms with Gasteiger partial charge >= 0.3 is 6.09 Å². The van der Waals surface area contributed by atoms with Crippen LogP contribution in [0.4, 0.5) is 10.5 Å². The summed E-state index contributed by atoms with van der Waals surface area (Å²) in [6.45, 7) is 6.57. The van der Waals surface area contributed by atoms with Crippen molar-refractivity contribution in [1.82, 2.24) is 5.32 Å². The summed E-state index contributed by atoms with van der Waals surface area (Å²) in [6, 6.07) is 3.26. The number of carbonyl (C=O) groups is 2. The summed E-state index contributed by atoms with van der Waals surface area (Å²) in [5, 5.41) is 5.59. The molecule has 0 atom stereocenters. The van der Waals surface area contributed by atoms with Crippen molar-refractivity contribution in [2.75, 3.05) is 25.1 Å². The maximum Gasteiger partial charge on any atom is 0.407 e. The summed E-state index contributed by atoms with van der Waals surface area (Å²) in [6.07, 6.45) is 0.308. The molecule has 0 radical (unpaired) electrons. The third-order valence-electron chi connectivity index (χ3n) is 3.13. The van der Waals surface area contributed by atoms with Crippen LogP contribution < -0.4 is 20.1 Å². The van der Waals surface area contributed by atoms with E-state index in [-0.39, 0.29) is 18.9 Å². The van der Waals surface area contributed by atoms with E-state index in [1.54, 1.807) is 32.9 Å². The van der Waals surface area contributed by atoms with Crippen LogP contribution in [0, 0.1) is 0 Å². The third-order valence-corrected chi connectivity index (χ3v) is 3.44. The molecule has 1 aliphatic rings. The van der Waals surface area contributed by atoms with Gasteiger partial charge in [0.2, 0.25) is 5.91 Å². The minimum atomic E-state index is -0.580. The smallest absolute Gasteiger partial charge is 0.407 e. The van der Waals surface area contributed by atoms with Gasteiger partial charge < -0.3 is 24.8 Å². The number of halogens is 1. The normalized spacial score (nSPS) is 13.6. The molecule has 2 amide bonds. The maximum absolute atomic E-state index is 12.0. The van der Waals surface area contributed by atoms with Crippen LogP contribution in [0.5, 0.6) is 11.5 Å². The first-order valence-corrected chi connectivity index (χ1v) is 8.48. The van der Waals surface area contributed by atoms with Crippen molar-refractivity contribution < 1.29 is 23.8 Å². The molecule has 0 aliphatic carbocycles. The van der Waals surface area contributed by atoms with Crippen LogP contribution in [0.3, 0.4) is 0 Å². The van der Waals surface area contributed by atoms with Gasteiger partial charge in [0.25, 0.3) is 0 Å².